The first-order valence-corrected chi connectivity index (χ1v) is 6.44. The molecule has 1 heterocycles. The number of carboxylic acid groups (broad SMARTS) is 1. The normalized spacial score (nSPS) is 10.5. The van der Waals surface area contributed by atoms with Crippen LogP contribution in [0.4, 0.5) is 0 Å². The molecule has 0 amide bonds. The lowest BCUT2D eigenvalue weighted by molar-refractivity contribution is 0.0696. The molecule has 6 heteroatoms. The summed E-state index contributed by atoms with van der Waals surface area (Å²) in [5, 5.41) is 9.18. The van der Waals surface area contributed by atoms with Crippen LogP contribution in [0.15, 0.2) is 48.7 Å². The SMILES string of the molecule is O=C(O)c1cc(Oc2cnc3ccccc3n2)ccc1Cl. The molecule has 21 heavy (non-hydrogen) atoms. The molecule has 0 saturated carbocycles. The van der Waals surface area contributed by atoms with Crippen LogP contribution in [0.1, 0.15) is 10.4 Å². The van der Waals surface area contributed by atoms with E-state index in [0.717, 1.165) is 5.52 Å². The minimum absolute atomic E-state index is 0.0251. The van der Waals surface area contributed by atoms with Crippen LogP contribution < -0.4 is 4.74 Å². The van der Waals surface area contributed by atoms with Gasteiger partial charge in [0.2, 0.25) is 5.88 Å². The molecule has 104 valence electrons. The lowest BCUT2D eigenvalue weighted by Gasteiger charge is -2.07. The summed E-state index contributed by atoms with van der Waals surface area (Å²) in [5.74, 6) is -0.496. The largest absolute Gasteiger partial charge is 0.478 e. The van der Waals surface area contributed by atoms with Crippen molar-refractivity contribution in [2.75, 3.05) is 0 Å². The Labute approximate surface area is 124 Å². The minimum Gasteiger partial charge on any atom is -0.478 e. The number of carboxylic acids is 1. The summed E-state index contributed by atoms with van der Waals surface area (Å²) >= 11 is 5.81. The van der Waals surface area contributed by atoms with Gasteiger partial charge in [-0.3, -0.25) is 0 Å². The Morgan fingerprint density at radius 3 is 2.67 bits per heavy atom. The molecule has 1 N–H and O–H groups in total. The number of carbonyl (C=O) groups is 1. The van der Waals surface area contributed by atoms with Gasteiger partial charge in [-0.05, 0) is 30.3 Å². The zero-order valence-electron chi connectivity index (χ0n) is 10.7. The van der Waals surface area contributed by atoms with Crippen LogP contribution in [0.2, 0.25) is 5.02 Å². The van der Waals surface area contributed by atoms with E-state index in [4.69, 9.17) is 21.4 Å². The van der Waals surface area contributed by atoms with Crippen LogP contribution in [0.5, 0.6) is 11.6 Å². The van der Waals surface area contributed by atoms with Gasteiger partial charge < -0.3 is 9.84 Å². The summed E-state index contributed by atoms with van der Waals surface area (Å²) in [4.78, 5) is 19.6. The quantitative estimate of drug-likeness (QED) is 0.797. The van der Waals surface area contributed by atoms with Gasteiger partial charge in [0.05, 0.1) is 27.8 Å². The summed E-state index contributed by atoms with van der Waals surface area (Å²) in [7, 11) is 0. The number of hydrogen-bond donors (Lipinski definition) is 1. The van der Waals surface area contributed by atoms with Crippen molar-refractivity contribution in [2.45, 2.75) is 0 Å². The van der Waals surface area contributed by atoms with Crippen LogP contribution in [-0.4, -0.2) is 21.0 Å². The second kappa shape index (κ2) is 5.38. The molecule has 0 aliphatic rings. The predicted molar refractivity (Wildman–Crippen MR) is 78.0 cm³/mol. The Hall–Kier alpha value is -2.66. The standard InChI is InChI=1S/C15H9ClN2O3/c16-11-6-5-9(7-10(11)15(19)20)21-14-8-17-12-3-1-2-4-13(12)18-14/h1-8H,(H,19,20). The first-order valence-electron chi connectivity index (χ1n) is 6.06. The highest BCUT2D eigenvalue weighted by Gasteiger charge is 2.11. The van der Waals surface area contributed by atoms with Crippen molar-refractivity contribution in [3.05, 3.63) is 59.2 Å². The van der Waals surface area contributed by atoms with Crippen LogP contribution in [0.3, 0.4) is 0 Å². The fraction of sp³-hybridized carbons (Fsp3) is 0. The Bertz CT molecular complexity index is 836. The summed E-state index contributed by atoms with van der Waals surface area (Å²) in [5.41, 5.74) is 1.43. The Balaban J connectivity index is 1.94. The summed E-state index contributed by atoms with van der Waals surface area (Å²) in [6, 6.07) is 11.8. The van der Waals surface area contributed by atoms with E-state index in [2.05, 4.69) is 9.97 Å². The van der Waals surface area contributed by atoms with Crippen molar-refractivity contribution in [3.8, 4) is 11.6 Å². The molecule has 5 nitrogen and oxygen atoms in total. The summed E-state index contributed by atoms with van der Waals surface area (Å²) in [6.45, 7) is 0. The number of rotatable bonds is 3. The molecule has 0 unspecified atom stereocenters. The van der Waals surface area contributed by atoms with E-state index in [0.29, 0.717) is 11.3 Å². The van der Waals surface area contributed by atoms with Crippen molar-refractivity contribution in [2.24, 2.45) is 0 Å². The van der Waals surface area contributed by atoms with Gasteiger partial charge >= 0.3 is 5.97 Å². The molecular weight excluding hydrogens is 292 g/mol. The third kappa shape index (κ3) is 2.78. The average molecular weight is 301 g/mol. The smallest absolute Gasteiger partial charge is 0.337 e. The molecule has 0 saturated heterocycles. The average Bonchev–Trinajstić information content (AvgIpc) is 2.49. The van der Waals surface area contributed by atoms with Crippen LogP contribution >= 0.6 is 11.6 Å². The molecular formula is C15H9ClN2O3. The van der Waals surface area contributed by atoms with Crippen LogP contribution in [0, 0.1) is 0 Å². The molecule has 3 aromatic rings. The second-order valence-electron chi connectivity index (χ2n) is 4.25. The molecule has 0 fully saturated rings. The zero-order valence-corrected chi connectivity index (χ0v) is 11.4. The van der Waals surface area contributed by atoms with E-state index in [1.165, 1.54) is 18.3 Å². The molecule has 3 rings (SSSR count). The van der Waals surface area contributed by atoms with E-state index in [9.17, 15) is 4.79 Å². The monoisotopic (exact) mass is 300 g/mol. The van der Waals surface area contributed by atoms with Gasteiger partial charge in [-0.15, -0.1) is 0 Å². The van der Waals surface area contributed by atoms with Gasteiger partial charge in [-0.25, -0.2) is 14.8 Å². The summed E-state index contributed by atoms with van der Waals surface area (Å²) in [6.07, 6.45) is 1.48. The lowest BCUT2D eigenvalue weighted by atomic mass is 10.2. The molecule has 2 aromatic carbocycles. The highest BCUT2D eigenvalue weighted by Crippen LogP contribution is 2.26. The Morgan fingerprint density at radius 1 is 1.14 bits per heavy atom. The van der Waals surface area contributed by atoms with Crippen molar-refractivity contribution in [1.29, 1.82) is 0 Å². The summed E-state index contributed by atoms with van der Waals surface area (Å²) < 4.78 is 5.54. The van der Waals surface area contributed by atoms with Crippen molar-refractivity contribution in [1.82, 2.24) is 9.97 Å². The molecule has 0 aliphatic carbocycles. The number of halogens is 1. The van der Waals surface area contributed by atoms with Gasteiger partial charge in [0, 0.05) is 0 Å². The second-order valence-corrected chi connectivity index (χ2v) is 4.65. The maximum atomic E-state index is 11.0. The van der Waals surface area contributed by atoms with E-state index >= 15 is 0 Å². The van der Waals surface area contributed by atoms with Gasteiger partial charge in [0.1, 0.15) is 5.75 Å². The topological polar surface area (TPSA) is 72.3 Å². The zero-order chi connectivity index (χ0) is 14.8. The molecule has 0 spiro atoms. The fourth-order valence-corrected chi connectivity index (χ4v) is 2.04. The van der Waals surface area contributed by atoms with Crippen molar-refractivity contribution >= 4 is 28.6 Å². The number of aromatic carboxylic acids is 1. The Kier molecular flexibility index (Phi) is 3.41. The van der Waals surface area contributed by atoms with E-state index in [1.54, 1.807) is 6.07 Å². The highest BCUT2D eigenvalue weighted by atomic mass is 35.5. The maximum absolute atomic E-state index is 11.0. The van der Waals surface area contributed by atoms with Gasteiger partial charge in [0.25, 0.3) is 0 Å². The first kappa shape index (κ1) is 13.3. The third-order valence-electron chi connectivity index (χ3n) is 2.82. The van der Waals surface area contributed by atoms with Gasteiger partial charge in [0.15, 0.2) is 0 Å². The van der Waals surface area contributed by atoms with E-state index in [1.807, 2.05) is 24.3 Å². The van der Waals surface area contributed by atoms with Gasteiger partial charge in [-0.2, -0.15) is 0 Å². The minimum atomic E-state index is -1.12. The molecule has 1 aromatic heterocycles. The van der Waals surface area contributed by atoms with Crippen LogP contribution in [-0.2, 0) is 0 Å². The third-order valence-corrected chi connectivity index (χ3v) is 3.15. The van der Waals surface area contributed by atoms with Gasteiger partial charge in [-0.1, -0.05) is 23.7 Å². The number of fused-ring (bicyclic) bond motifs is 1. The first-order chi connectivity index (χ1) is 10.1. The number of hydrogen-bond acceptors (Lipinski definition) is 4. The number of nitrogens with zero attached hydrogens (tertiary/aromatic N) is 2. The number of para-hydroxylation sites is 2. The number of aromatic nitrogens is 2. The van der Waals surface area contributed by atoms with E-state index < -0.39 is 5.97 Å². The van der Waals surface area contributed by atoms with E-state index in [-0.39, 0.29) is 16.5 Å². The molecule has 0 radical (unpaired) electrons. The molecule has 0 atom stereocenters. The number of ether oxygens (including phenoxy) is 1. The fourth-order valence-electron chi connectivity index (χ4n) is 1.84. The molecule has 0 aliphatic heterocycles. The predicted octanol–water partition coefficient (Wildman–Crippen LogP) is 3.77. The van der Waals surface area contributed by atoms with Crippen molar-refractivity contribution in [3.63, 3.8) is 0 Å². The number of benzene rings is 2. The maximum Gasteiger partial charge on any atom is 0.337 e. The molecule has 0 bridgehead atoms. The van der Waals surface area contributed by atoms with Crippen LogP contribution in [0.25, 0.3) is 11.0 Å². The van der Waals surface area contributed by atoms with Crippen molar-refractivity contribution < 1.29 is 14.6 Å². The Morgan fingerprint density at radius 2 is 1.90 bits per heavy atom. The highest BCUT2D eigenvalue weighted by molar-refractivity contribution is 6.33. The lowest BCUT2D eigenvalue weighted by Crippen LogP contribution is -1.98.